The molecular weight excluding hydrogens is 294 g/mol. The first-order chi connectivity index (χ1) is 10.8. The van der Waals surface area contributed by atoms with E-state index < -0.39 is 6.04 Å². The number of carbonyl (C=O) groups excluding carboxylic acids is 2. The lowest BCUT2D eigenvalue weighted by atomic mass is 9.99. The van der Waals surface area contributed by atoms with Crippen molar-refractivity contribution in [3.8, 4) is 0 Å². The smallest absolute Gasteiger partial charge is 0.273 e. The summed E-state index contributed by atoms with van der Waals surface area (Å²) in [5.74, 6) is 0.126. The van der Waals surface area contributed by atoms with Gasteiger partial charge in [-0.1, -0.05) is 27.7 Å². The normalized spacial score (nSPS) is 18.4. The van der Waals surface area contributed by atoms with Crippen LogP contribution in [0.2, 0.25) is 0 Å². The first kappa shape index (κ1) is 17.2. The molecule has 126 valence electrons. The minimum Gasteiger partial charge on any atom is -0.368 e. The molecule has 1 aliphatic rings. The molecule has 1 aromatic rings. The van der Waals surface area contributed by atoms with Gasteiger partial charge in [-0.2, -0.15) is 0 Å². The van der Waals surface area contributed by atoms with Crippen molar-refractivity contribution in [1.82, 2.24) is 20.2 Å². The molecule has 1 aromatic heterocycles. The third-order valence-corrected chi connectivity index (χ3v) is 3.78. The third kappa shape index (κ3) is 3.97. The van der Waals surface area contributed by atoms with E-state index in [0.717, 1.165) is 12.1 Å². The minimum atomic E-state index is -0.485. The highest BCUT2D eigenvalue weighted by Gasteiger charge is 2.36. The monoisotopic (exact) mass is 319 g/mol. The van der Waals surface area contributed by atoms with Gasteiger partial charge in [0.2, 0.25) is 11.9 Å². The van der Waals surface area contributed by atoms with E-state index in [1.54, 1.807) is 11.0 Å². The maximum absolute atomic E-state index is 12.9. The van der Waals surface area contributed by atoms with E-state index in [9.17, 15) is 9.59 Å². The summed E-state index contributed by atoms with van der Waals surface area (Å²) < 4.78 is 0. The van der Waals surface area contributed by atoms with Crippen molar-refractivity contribution < 1.29 is 9.59 Å². The number of carbonyl (C=O) groups is 2. The fraction of sp³-hybridized carbons (Fsp3) is 0.625. The molecule has 0 saturated carbocycles. The van der Waals surface area contributed by atoms with Crippen molar-refractivity contribution in [1.29, 1.82) is 0 Å². The predicted octanol–water partition coefficient (Wildman–Crippen LogP) is 0.854. The molecule has 0 bridgehead atoms. The van der Waals surface area contributed by atoms with E-state index in [-0.39, 0.29) is 29.4 Å². The molecule has 1 aliphatic heterocycles. The molecule has 7 nitrogen and oxygen atoms in total. The van der Waals surface area contributed by atoms with E-state index in [1.165, 1.54) is 0 Å². The van der Waals surface area contributed by atoms with E-state index >= 15 is 0 Å². The number of anilines is 1. The number of amides is 2. The molecule has 23 heavy (non-hydrogen) atoms. The van der Waals surface area contributed by atoms with Gasteiger partial charge in [0.15, 0.2) is 0 Å². The fourth-order valence-corrected chi connectivity index (χ4v) is 2.87. The van der Waals surface area contributed by atoms with Crippen LogP contribution in [0, 0.1) is 11.8 Å². The number of nitrogens with zero attached hydrogens (tertiary/aromatic N) is 3. The molecule has 2 rings (SSSR count). The van der Waals surface area contributed by atoms with Crippen LogP contribution in [-0.4, -0.2) is 45.8 Å². The first-order valence-corrected chi connectivity index (χ1v) is 8.01. The average Bonchev–Trinajstić information content (AvgIpc) is 2.44. The summed E-state index contributed by atoms with van der Waals surface area (Å²) in [7, 11) is 0. The van der Waals surface area contributed by atoms with Crippen LogP contribution in [0.15, 0.2) is 6.07 Å². The van der Waals surface area contributed by atoms with Gasteiger partial charge in [-0.05, 0) is 24.3 Å². The number of rotatable bonds is 4. The highest BCUT2D eigenvalue weighted by molar-refractivity contribution is 5.97. The quantitative estimate of drug-likeness (QED) is 0.857. The number of hydrogen-bond donors (Lipinski definition) is 2. The number of nitrogen functional groups attached to an aromatic ring is 1. The fourth-order valence-electron chi connectivity index (χ4n) is 2.87. The number of nitrogens with one attached hydrogen (secondary N) is 1. The van der Waals surface area contributed by atoms with E-state index in [0.29, 0.717) is 19.0 Å². The molecule has 1 atom stereocenters. The molecule has 0 spiro atoms. The van der Waals surface area contributed by atoms with Gasteiger partial charge in [-0.3, -0.25) is 9.59 Å². The molecule has 2 amide bonds. The molecule has 0 aliphatic carbocycles. The van der Waals surface area contributed by atoms with Crippen LogP contribution < -0.4 is 11.1 Å². The summed E-state index contributed by atoms with van der Waals surface area (Å²) >= 11 is 0. The second kappa shape index (κ2) is 6.93. The Morgan fingerprint density at radius 1 is 1.39 bits per heavy atom. The van der Waals surface area contributed by atoms with Crippen molar-refractivity contribution in [2.75, 3.05) is 18.8 Å². The van der Waals surface area contributed by atoms with Gasteiger partial charge in [-0.25, -0.2) is 9.97 Å². The number of piperazine rings is 1. The molecule has 1 unspecified atom stereocenters. The molecule has 1 saturated heterocycles. The first-order valence-electron chi connectivity index (χ1n) is 8.01. The van der Waals surface area contributed by atoms with Crippen molar-refractivity contribution in [3.05, 3.63) is 17.5 Å². The largest absolute Gasteiger partial charge is 0.368 e. The lowest BCUT2D eigenvalue weighted by molar-refractivity contribution is -0.129. The Balaban J connectivity index is 2.31. The molecule has 2 heterocycles. The van der Waals surface area contributed by atoms with Crippen molar-refractivity contribution in [2.45, 2.75) is 40.2 Å². The lowest BCUT2D eigenvalue weighted by Crippen LogP contribution is -2.59. The summed E-state index contributed by atoms with van der Waals surface area (Å²) in [5.41, 5.74) is 6.76. The van der Waals surface area contributed by atoms with Gasteiger partial charge in [0.1, 0.15) is 11.7 Å². The van der Waals surface area contributed by atoms with Gasteiger partial charge >= 0.3 is 0 Å². The van der Waals surface area contributed by atoms with E-state index in [4.69, 9.17) is 5.73 Å². The zero-order chi connectivity index (χ0) is 17.1. The highest BCUT2D eigenvalue weighted by Crippen LogP contribution is 2.18. The van der Waals surface area contributed by atoms with Crippen LogP contribution >= 0.6 is 0 Å². The Hall–Kier alpha value is -2.18. The molecule has 0 radical (unpaired) electrons. The number of aromatic nitrogens is 2. The summed E-state index contributed by atoms with van der Waals surface area (Å²) in [4.78, 5) is 34.8. The molecular formula is C16H25N5O2. The maximum Gasteiger partial charge on any atom is 0.273 e. The Morgan fingerprint density at radius 3 is 2.70 bits per heavy atom. The van der Waals surface area contributed by atoms with E-state index in [1.807, 2.05) is 13.8 Å². The van der Waals surface area contributed by atoms with Crippen LogP contribution in [0.1, 0.15) is 43.9 Å². The SMILES string of the molecule is CC(C)Cc1cc(C(=O)N2CCNC(=O)C2C(C)C)nc(N)n1. The lowest BCUT2D eigenvalue weighted by Gasteiger charge is -2.37. The molecule has 7 heteroatoms. The van der Waals surface area contributed by atoms with Gasteiger partial charge in [0.25, 0.3) is 5.91 Å². The minimum absolute atomic E-state index is 0.0218. The Bertz CT molecular complexity index is 600. The van der Waals surface area contributed by atoms with Crippen LogP contribution in [0.4, 0.5) is 5.95 Å². The zero-order valence-electron chi connectivity index (χ0n) is 14.2. The van der Waals surface area contributed by atoms with Gasteiger partial charge < -0.3 is 16.0 Å². The maximum atomic E-state index is 12.9. The molecule has 0 aromatic carbocycles. The van der Waals surface area contributed by atoms with Gasteiger partial charge in [0, 0.05) is 18.8 Å². The molecule has 1 fully saturated rings. The Kier molecular flexibility index (Phi) is 5.18. The van der Waals surface area contributed by atoms with Crippen LogP contribution in [-0.2, 0) is 11.2 Å². The van der Waals surface area contributed by atoms with Gasteiger partial charge in [0.05, 0.1) is 0 Å². The van der Waals surface area contributed by atoms with Crippen LogP contribution in [0.3, 0.4) is 0 Å². The van der Waals surface area contributed by atoms with Crippen molar-refractivity contribution >= 4 is 17.8 Å². The Morgan fingerprint density at radius 2 is 2.09 bits per heavy atom. The second-order valence-electron chi connectivity index (χ2n) is 6.68. The average molecular weight is 319 g/mol. The van der Waals surface area contributed by atoms with Gasteiger partial charge in [-0.15, -0.1) is 0 Å². The highest BCUT2D eigenvalue weighted by atomic mass is 16.2. The zero-order valence-corrected chi connectivity index (χ0v) is 14.2. The number of hydrogen-bond acceptors (Lipinski definition) is 5. The van der Waals surface area contributed by atoms with Crippen LogP contribution in [0.5, 0.6) is 0 Å². The summed E-state index contributed by atoms with van der Waals surface area (Å²) in [6.07, 6.45) is 0.723. The molecule has 3 N–H and O–H groups in total. The number of nitrogens with two attached hydrogens (primary N) is 1. The topological polar surface area (TPSA) is 101 Å². The third-order valence-electron chi connectivity index (χ3n) is 3.78. The summed E-state index contributed by atoms with van der Waals surface area (Å²) in [6.45, 7) is 8.92. The summed E-state index contributed by atoms with van der Waals surface area (Å²) in [6, 6.07) is 1.20. The van der Waals surface area contributed by atoms with E-state index in [2.05, 4.69) is 29.1 Å². The summed E-state index contributed by atoms with van der Waals surface area (Å²) in [5, 5.41) is 2.81. The Labute approximate surface area is 136 Å². The van der Waals surface area contributed by atoms with Crippen molar-refractivity contribution in [3.63, 3.8) is 0 Å². The van der Waals surface area contributed by atoms with Crippen LogP contribution in [0.25, 0.3) is 0 Å². The standard InChI is InChI=1S/C16H25N5O2/c1-9(2)7-11-8-12(20-16(17)19-11)15(23)21-6-5-18-14(22)13(21)10(3)4/h8-10,13H,5-7H2,1-4H3,(H,18,22)(H2,17,19,20). The predicted molar refractivity (Wildman–Crippen MR) is 87.7 cm³/mol. The second-order valence-corrected chi connectivity index (χ2v) is 6.68. The van der Waals surface area contributed by atoms with Crippen molar-refractivity contribution in [2.24, 2.45) is 11.8 Å².